The van der Waals surface area contributed by atoms with E-state index in [0.29, 0.717) is 23.9 Å². The van der Waals surface area contributed by atoms with Crippen molar-refractivity contribution in [1.82, 2.24) is 20.2 Å². The number of amidine groups is 1. The van der Waals surface area contributed by atoms with Crippen LogP contribution in [0.25, 0.3) is 21.8 Å². The van der Waals surface area contributed by atoms with Crippen molar-refractivity contribution in [3.05, 3.63) is 35.6 Å². The standard InChI is InChI=1S/C23H27ClN6O2/c1-23(2)13-30(8-4-20-26-6-7-27-20)19(12-32-23)22(31)29-17-10-14(24)9-16-15-3-5-25-11-18(15)28-21(16)17/h3,5,9-11,19,28H,4,6-8,12-13H2,1-2H3,(H,26,27)(H,29,31)/p+1/t19-/m0/s1. The summed E-state index contributed by atoms with van der Waals surface area (Å²) in [6, 6.07) is 5.25. The summed E-state index contributed by atoms with van der Waals surface area (Å²) in [6.07, 6.45) is 4.37. The molecule has 0 unspecified atom stereocenters. The summed E-state index contributed by atoms with van der Waals surface area (Å²) in [4.78, 5) is 26.5. The summed E-state index contributed by atoms with van der Waals surface area (Å²) < 4.78 is 6.02. The van der Waals surface area contributed by atoms with Gasteiger partial charge in [-0.25, -0.2) is 0 Å². The number of aromatic nitrogens is 2. The third-order valence-electron chi connectivity index (χ3n) is 6.14. The zero-order valence-corrected chi connectivity index (χ0v) is 19.1. The quantitative estimate of drug-likeness (QED) is 0.464. The molecule has 32 heavy (non-hydrogen) atoms. The molecule has 2 aromatic heterocycles. The predicted molar refractivity (Wildman–Crippen MR) is 126 cm³/mol. The number of pyridine rings is 1. The second-order valence-electron chi connectivity index (χ2n) is 9.05. The Balaban J connectivity index is 1.40. The average molecular weight is 456 g/mol. The Morgan fingerprint density at radius 3 is 3.09 bits per heavy atom. The molecule has 0 spiro atoms. The number of halogens is 1. The number of rotatable bonds is 5. The van der Waals surface area contributed by atoms with Crippen LogP contribution in [-0.4, -0.2) is 71.0 Å². The highest BCUT2D eigenvalue weighted by atomic mass is 35.5. The van der Waals surface area contributed by atoms with E-state index in [2.05, 4.69) is 44.3 Å². The molecule has 1 amide bonds. The van der Waals surface area contributed by atoms with Crippen LogP contribution in [0.2, 0.25) is 5.02 Å². The summed E-state index contributed by atoms with van der Waals surface area (Å²) >= 11 is 6.41. The average Bonchev–Trinajstić information content (AvgIpc) is 3.39. The molecule has 0 radical (unpaired) electrons. The van der Waals surface area contributed by atoms with Crippen molar-refractivity contribution in [3.63, 3.8) is 0 Å². The van der Waals surface area contributed by atoms with Crippen molar-refractivity contribution in [2.75, 3.05) is 38.1 Å². The Kier molecular flexibility index (Phi) is 5.53. The fourth-order valence-electron chi connectivity index (χ4n) is 4.58. The minimum absolute atomic E-state index is 0.0989. The number of carbonyl (C=O) groups is 1. The number of ether oxygens (including phenoxy) is 1. The van der Waals surface area contributed by atoms with Crippen molar-refractivity contribution in [3.8, 4) is 0 Å². The van der Waals surface area contributed by atoms with E-state index < -0.39 is 0 Å². The summed E-state index contributed by atoms with van der Waals surface area (Å²) in [6.45, 7) is 7.80. The van der Waals surface area contributed by atoms with Gasteiger partial charge in [0.25, 0.3) is 0 Å². The largest absolute Gasteiger partial charge is 0.372 e. The van der Waals surface area contributed by atoms with Gasteiger partial charge in [-0.1, -0.05) is 11.6 Å². The lowest BCUT2D eigenvalue weighted by molar-refractivity contribution is -0.445. The first-order chi connectivity index (χ1) is 15.4. The molecule has 1 atom stereocenters. The Bertz CT molecular complexity index is 1200. The van der Waals surface area contributed by atoms with Gasteiger partial charge in [0.2, 0.25) is 11.7 Å². The Morgan fingerprint density at radius 2 is 2.28 bits per heavy atom. The van der Waals surface area contributed by atoms with Crippen LogP contribution in [0, 0.1) is 0 Å². The van der Waals surface area contributed by atoms with Gasteiger partial charge in [0.1, 0.15) is 19.1 Å². The van der Waals surface area contributed by atoms with Gasteiger partial charge >= 0.3 is 0 Å². The van der Waals surface area contributed by atoms with Gasteiger partial charge in [-0.15, -0.1) is 0 Å². The first-order valence-electron chi connectivity index (χ1n) is 11.0. The molecule has 0 aliphatic carbocycles. The number of nitrogens with one attached hydrogen (secondary N) is 4. The maximum Gasteiger partial charge on any atom is 0.244 e. The van der Waals surface area contributed by atoms with Gasteiger partial charge in [-0.2, -0.15) is 0 Å². The monoisotopic (exact) mass is 455 g/mol. The van der Waals surface area contributed by atoms with E-state index in [0.717, 1.165) is 53.7 Å². The van der Waals surface area contributed by atoms with Crippen LogP contribution in [0.4, 0.5) is 5.69 Å². The number of anilines is 1. The van der Waals surface area contributed by atoms with Gasteiger partial charge in [0.05, 0.1) is 41.5 Å². The summed E-state index contributed by atoms with van der Waals surface area (Å²) in [7, 11) is 0. The van der Waals surface area contributed by atoms with Gasteiger partial charge in [-0.3, -0.25) is 25.0 Å². The summed E-state index contributed by atoms with van der Waals surface area (Å²) in [5.74, 6) is 1.04. The molecule has 1 fully saturated rings. The minimum Gasteiger partial charge on any atom is -0.372 e. The molecular formula is C23H28ClN6O2+. The first kappa shape index (κ1) is 21.2. The van der Waals surface area contributed by atoms with E-state index in [1.807, 2.05) is 12.1 Å². The van der Waals surface area contributed by atoms with Crippen LogP contribution in [0.15, 0.2) is 30.6 Å². The molecular weight excluding hydrogens is 428 g/mol. The first-order valence-corrected chi connectivity index (χ1v) is 11.3. The van der Waals surface area contributed by atoms with Crippen molar-refractivity contribution in [2.24, 2.45) is 0 Å². The molecule has 2 aliphatic heterocycles. The molecule has 0 saturated carbocycles. The van der Waals surface area contributed by atoms with Crippen molar-refractivity contribution in [1.29, 1.82) is 0 Å². The number of H-pyrrole nitrogens is 1. The van der Waals surface area contributed by atoms with Crippen LogP contribution in [0.5, 0.6) is 0 Å². The molecule has 4 N–H and O–H groups in total. The second kappa shape index (κ2) is 8.35. The minimum atomic E-state index is -0.384. The topological polar surface area (TPSA) is 96.2 Å². The molecule has 0 bridgehead atoms. The number of benzene rings is 1. The van der Waals surface area contributed by atoms with Crippen molar-refractivity contribution >= 4 is 50.8 Å². The van der Waals surface area contributed by atoms with E-state index in [-0.39, 0.29) is 17.6 Å². The maximum absolute atomic E-state index is 13.4. The van der Waals surface area contributed by atoms with Gasteiger partial charge < -0.3 is 15.0 Å². The third-order valence-corrected chi connectivity index (χ3v) is 6.36. The van der Waals surface area contributed by atoms with E-state index >= 15 is 0 Å². The van der Waals surface area contributed by atoms with Gasteiger partial charge in [0, 0.05) is 35.1 Å². The van der Waals surface area contributed by atoms with E-state index in [4.69, 9.17) is 16.3 Å². The smallest absolute Gasteiger partial charge is 0.244 e. The number of aromatic amines is 1. The molecule has 3 aromatic rings. The fourth-order valence-corrected chi connectivity index (χ4v) is 4.80. The Hall–Kier alpha value is -2.68. The van der Waals surface area contributed by atoms with Crippen LogP contribution in [0.1, 0.15) is 20.3 Å². The van der Waals surface area contributed by atoms with Crippen molar-refractivity contribution < 1.29 is 14.5 Å². The van der Waals surface area contributed by atoms with E-state index in [1.165, 1.54) is 0 Å². The maximum atomic E-state index is 13.4. The lowest BCUT2D eigenvalue weighted by atomic mass is 10.0. The lowest BCUT2D eigenvalue weighted by Crippen LogP contribution is -2.71. The van der Waals surface area contributed by atoms with Crippen LogP contribution in [-0.2, 0) is 9.53 Å². The fraction of sp³-hybridized carbons (Fsp3) is 0.435. The number of amides is 1. The SMILES string of the molecule is CC1(C)CN(CCC2=[NH+]CCN2)[C@H](C(=O)Nc2cc(Cl)cc3c2[nH]c2cnccc23)CO1. The highest BCUT2D eigenvalue weighted by molar-refractivity contribution is 6.33. The molecule has 9 heteroatoms. The summed E-state index contributed by atoms with van der Waals surface area (Å²) in [5.41, 5.74) is 2.10. The number of nitrogens with zero attached hydrogens (tertiary/aromatic N) is 2. The van der Waals surface area contributed by atoms with Gasteiger partial charge in [-0.05, 0) is 32.0 Å². The second-order valence-corrected chi connectivity index (χ2v) is 9.49. The number of hydrogen-bond donors (Lipinski definition) is 4. The normalized spacial score (nSPS) is 21.0. The zero-order chi connectivity index (χ0) is 22.3. The summed E-state index contributed by atoms with van der Waals surface area (Å²) in [5, 5.41) is 9.01. The molecule has 1 aromatic carbocycles. The molecule has 8 nitrogen and oxygen atoms in total. The highest BCUT2D eigenvalue weighted by Crippen LogP contribution is 2.33. The zero-order valence-electron chi connectivity index (χ0n) is 18.3. The molecule has 4 heterocycles. The van der Waals surface area contributed by atoms with E-state index in [9.17, 15) is 4.79 Å². The van der Waals surface area contributed by atoms with Crippen LogP contribution < -0.4 is 15.6 Å². The number of fused-ring (bicyclic) bond motifs is 3. The Labute approximate surface area is 191 Å². The lowest BCUT2D eigenvalue weighted by Gasteiger charge is -2.42. The molecule has 2 aliphatic rings. The van der Waals surface area contributed by atoms with E-state index in [1.54, 1.807) is 18.5 Å². The predicted octanol–water partition coefficient (Wildman–Crippen LogP) is 1.26. The molecule has 168 valence electrons. The molecule has 5 rings (SSSR count). The van der Waals surface area contributed by atoms with Crippen LogP contribution in [0.3, 0.4) is 0 Å². The number of morpholine rings is 1. The third kappa shape index (κ3) is 4.18. The molecule has 1 saturated heterocycles. The number of carbonyl (C=O) groups excluding carboxylic acids is 1. The Morgan fingerprint density at radius 1 is 1.41 bits per heavy atom. The van der Waals surface area contributed by atoms with Crippen molar-refractivity contribution in [2.45, 2.75) is 31.9 Å². The van der Waals surface area contributed by atoms with Gasteiger partial charge in [0.15, 0.2) is 0 Å². The number of hydrogen-bond acceptors (Lipinski definition) is 5. The highest BCUT2D eigenvalue weighted by Gasteiger charge is 2.38. The van der Waals surface area contributed by atoms with Crippen LogP contribution >= 0.6 is 11.6 Å².